The first-order valence-corrected chi connectivity index (χ1v) is 7.83. The maximum Gasteiger partial charge on any atom is 0.322 e. The highest BCUT2D eigenvalue weighted by molar-refractivity contribution is 6.30. The molecule has 0 aliphatic heterocycles. The third-order valence-corrected chi connectivity index (χ3v) is 3.59. The molecule has 122 valence electrons. The number of amides is 2. The van der Waals surface area contributed by atoms with E-state index in [1.165, 1.54) is 0 Å². The number of benzene rings is 2. The Morgan fingerprint density at radius 3 is 2.67 bits per heavy atom. The number of hydrogen-bond acceptors (Lipinski definition) is 3. The summed E-state index contributed by atoms with van der Waals surface area (Å²) in [5.74, 6) is 0.624. The van der Waals surface area contributed by atoms with Crippen LogP contribution in [0.1, 0.15) is 6.92 Å². The van der Waals surface area contributed by atoms with Crippen molar-refractivity contribution in [1.82, 2.24) is 10.3 Å². The second kappa shape index (κ2) is 7.19. The van der Waals surface area contributed by atoms with Gasteiger partial charge in [-0.3, -0.25) is 4.98 Å². The number of nitrogens with one attached hydrogen (secondary N) is 2. The topological polar surface area (TPSA) is 63.2 Å². The quantitative estimate of drug-likeness (QED) is 0.690. The number of hydrogen-bond donors (Lipinski definition) is 2. The number of aromatic nitrogens is 1. The highest BCUT2D eigenvalue weighted by Crippen LogP contribution is 2.20. The molecule has 2 amide bonds. The van der Waals surface area contributed by atoms with Gasteiger partial charge in [-0.05, 0) is 43.3 Å². The molecular weight excluding hydrogens is 326 g/mol. The van der Waals surface area contributed by atoms with Gasteiger partial charge in [0, 0.05) is 16.6 Å². The van der Waals surface area contributed by atoms with E-state index < -0.39 is 6.23 Å². The van der Waals surface area contributed by atoms with Crippen molar-refractivity contribution in [3.63, 3.8) is 0 Å². The lowest BCUT2D eigenvalue weighted by atomic mass is 10.2. The van der Waals surface area contributed by atoms with Crippen molar-refractivity contribution in [2.75, 3.05) is 5.32 Å². The van der Waals surface area contributed by atoms with Crippen LogP contribution in [0.4, 0.5) is 10.5 Å². The van der Waals surface area contributed by atoms with Crippen molar-refractivity contribution in [3.8, 4) is 5.75 Å². The van der Waals surface area contributed by atoms with Gasteiger partial charge in [0.15, 0.2) is 6.23 Å². The molecule has 6 heteroatoms. The Hall–Kier alpha value is -2.79. The molecule has 0 aliphatic carbocycles. The van der Waals surface area contributed by atoms with E-state index in [2.05, 4.69) is 15.6 Å². The van der Waals surface area contributed by atoms with Crippen LogP contribution in [-0.4, -0.2) is 17.2 Å². The zero-order valence-electron chi connectivity index (χ0n) is 13.0. The van der Waals surface area contributed by atoms with E-state index in [1.807, 2.05) is 24.3 Å². The summed E-state index contributed by atoms with van der Waals surface area (Å²) in [4.78, 5) is 16.5. The molecule has 5 nitrogen and oxygen atoms in total. The molecule has 0 bridgehead atoms. The largest absolute Gasteiger partial charge is 0.471 e. The minimum atomic E-state index is -0.505. The lowest BCUT2D eigenvalue weighted by molar-refractivity contribution is 0.183. The van der Waals surface area contributed by atoms with Crippen LogP contribution in [0.2, 0.25) is 5.02 Å². The lowest BCUT2D eigenvalue weighted by Gasteiger charge is -2.17. The summed E-state index contributed by atoms with van der Waals surface area (Å²) in [6, 6.07) is 16.0. The number of anilines is 1. The van der Waals surface area contributed by atoms with Gasteiger partial charge >= 0.3 is 6.03 Å². The Labute approximate surface area is 144 Å². The van der Waals surface area contributed by atoms with Gasteiger partial charge in [0.1, 0.15) is 5.75 Å². The fraction of sp³-hybridized carbons (Fsp3) is 0.111. The number of ether oxygens (including phenoxy) is 1. The van der Waals surface area contributed by atoms with Gasteiger partial charge in [0.05, 0.1) is 11.2 Å². The Balaban J connectivity index is 1.63. The van der Waals surface area contributed by atoms with Crippen LogP contribution in [-0.2, 0) is 0 Å². The van der Waals surface area contributed by atoms with Crippen LogP contribution in [0.15, 0.2) is 60.8 Å². The second-order valence-electron chi connectivity index (χ2n) is 5.19. The van der Waals surface area contributed by atoms with Crippen molar-refractivity contribution < 1.29 is 9.53 Å². The average molecular weight is 342 g/mol. The van der Waals surface area contributed by atoms with E-state index in [0.29, 0.717) is 16.5 Å². The van der Waals surface area contributed by atoms with Gasteiger partial charge in [0.2, 0.25) is 0 Å². The summed E-state index contributed by atoms with van der Waals surface area (Å²) in [6.45, 7) is 1.75. The van der Waals surface area contributed by atoms with Crippen LogP contribution in [0.3, 0.4) is 0 Å². The highest BCUT2D eigenvalue weighted by Gasteiger charge is 2.10. The van der Waals surface area contributed by atoms with E-state index in [0.717, 1.165) is 10.9 Å². The molecule has 2 aromatic carbocycles. The molecule has 0 aliphatic rings. The molecule has 1 heterocycles. The number of fused-ring (bicyclic) bond motifs is 1. The molecule has 0 saturated heterocycles. The van der Waals surface area contributed by atoms with Crippen LogP contribution in [0, 0.1) is 0 Å². The predicted octanol–water partition coefficient (Wildman–Crippen LogP) is 4.43. The van der Waals surface area contributed by atoms with Gasteiger partial charge in [-0.1, -0.05) is 29.8 Å². The predicted molar refractivity (Wildman–Crippen MR) is 95.4 cm³/mol. The number of nitrogens with zero attached hydrogens (tertiary/aromatic N) is 1. The minimum absolute atomic E-state index is 0.366. The van der Waals surface area contributed by atoms with Crippen molar-refractivity contribution in [2.24, 2.45) is 0 Å². The van der Waals surface area contributed by atoms with Gasteiger partial charge in [0.25, 0.3) is 0 Å². The Bertz CT molecular complexity index is 847. The van der Waals surface area contributed by atoms with E-state index in [9.17, 15) is 4.79 Å². The van der Waals surface area contributed by atoms with E-state index in [1.54, 1.807) is 43.5 Å². The average Bonchev–Trinajstić information content (AvgIpc) is 2.57. The highest BCUT2D eigenvalue weighted by atomic mass is 35.5. The lowest BCUT2D eigenvalue weighted by Crippen LogP contribution is -2.39. The molecule has 3 aromatic rings. The first-order valence-electron chi connectivity index (χ1n) is 7.45. The number of carbonyl (C=O) groups excluding carboxylic acids is 1. The Morgan fingerprint density at radius 2 is 1.88 bits per heavy atom. The standard InChI is InChI=1S/C18H16ClN3O2/c1-12(24-15-9-7-14(19)8-10-15)21-18(23)22-16-6-2-4-13-5-3-11-20-17(13)16/h2-12H,1H3,(H2,21,22,23). The third-order valence-electron chi connectivity index (χ3n) is 3.34. The number of urea groups is 1. The van der Waals surface area contributed by atoms with E-state index >= 15 is 0 Å². The van der Waals surface area contributed by atoms with Crippen molar-refractivity contribution in [2.45, 2.75) is 13.2 Å². The third kappa shape index (κ3) is 3.94. The molecule has 24 heavy (non-hydrogen) atoms. The SMILES string of the molecule is CC(NC(=O)Nc1cccc2cccnc12)Oc1ccc(Cl)cc1. The van der Waals surface area contributed by atoms with Crippen molar-refractivity contribution in [3.05, 3.63) is 65.8 Å². The maximum atomic E-state index is 12.2. The summed E-state index contributed by atoms with van der Waals surface area (Å²) in [5.41, 5.74) is 1.38. The normalized spacial score (nSPS) is 11.8. The number of pyridine rings is 1. The fourth-order valence-electron chi connectivity index (χ4n) is 2.29. The van der Waals surface area contributed by atoms with Crippen molar-refractivity contribution in [1.29, 1.82) is 0 Å². The van der Waals surface area contributed by atoms with Gasteiger partial charge in [-0.25, -0.2) is 4.79 Å². The minimum Gasteiger partial charge on any atom is -0.471 e. The van der Waals surface area contributed by atoms with Crippen LogP contribution >= 0.6 is 11.6 Å². The summed E-state index contributed by atoms with van der Waals surface area (Å²) in [7, 11) is 0. The molecule has 1 unspecified atom stereocenters. The second-order valence-corrected chi connectivity index (χ2v) is 5.63. The fourth-order valence-corrected chi connectivity index (χ4v) is 2.42. The molecule has 0 radical (unpaired) electrons. The zero-order chi connectivity index (χ0) is 16.9. The van der Waals surface area contributed by atoms with Crippen molar-refractivity contribution >= 4 is 34.2 Å². The summed E-state index contributed by atoms with van der Waals surface area (Å²) < 4.78 is 5.62. The molecule has 0 saturated carbocycles. The van der Waals surface area contributed by atoms with Gasteiger partial charge < -0.3 is 15.4 Å². The van der Waals surface area contributed by atoms with Crippen LogP contribution < -0.4 is 15.4 Å². The van der Waals surface area contributed by atoms with E-state index in [-0.39, 0.29) is 6.03 Å². The first kappa shape index (κ1) is 16.1. The monoisotopic (exact) mass is 341 g/mol. The number of rotatable bonds is 4. The summed E-state index contributed by atoms with van der Waals surface area (Å²) in [6.07, 6.45) is 1.19. The number of para-hydroxylation sites is 1. The van der Waals surface area contributed by atoms with Gasteiger partial charge in [-0.2, -0.15) is 0 Å². The Kier molecular flexibility index (Phi) is 4.82. The van der Waals surface area contributed by atoms with Crippen LogP contribution in [0.25, 0.3) is 10.9 Å². The Morgan fingerprint density at radius 1 is 1.12 bits per heavy atom. The first-order chi connectivity index (χ1) is 11.6. The number of halogens is 1. The van der Waals surface area contributed by atoms with Crippen LogP contribution in [0.5, 0.6) is 5.75 Å². The molecule has 3 rings (SSSR count). The van der Waals surface area contributed by atoms with E-state index in [4.69, 9.17) is 16.3 Å². The smallest absolute Gasteiger partial charge is 0.322 e. The summed E-state index contributed by atoms with van der Waals surface area (Å²) >= 11 is 5.83. The molecule has 0 fully saturated rings. The summed E-state index contributed by atoms with van der Waals surface area (Å²) in [5, 5.41) is 7.11. The maximum absolute atomic E-state index is 12.2. The van der Waals surface area contributed by atoms with Gasteiger partial charge in [-0.15, -0.1) is 0 Å². The molecule has 1 aromatic heterocycles. The zero-order valence-corrected chi connectivity index (χ0v) is 13.7. The molecule has 0 spiro atoms. The molecular formula is C18H16ClN3O2. The molecule has 2 N–H and O–H groups in total. The number of carbonyl (C=O) groups is 1. The molecule has 1 atom stereocenters.